The predicted molar refractivity (Wildman–Crippen MR) is 171 cm³/mol. The summed E-state index contributed by atoms with van der Waals surface area (Å²) in [5, 5.41) is 9.73. The van der Waals surface area contributed by atoms with Crippen LogP contribution in [0.5, 0.6) is 0 Å². The van der Waals surface area contributed by atoms with Crippen molar-refractivity contribution < 1.29 is 9.53 Å². The molecular formula is C35H32N6O3. The Labute approximate surface area is 255 Å². The van der Waals surface area contributed by atoms with Crippen molar-refractivity contribution >= 4 is 23.3 Å². The summed E-state index contributed by atoms with van der Waals surface area (Å²) >= 11 is 0. The second-order valence-electron chi connectivity index (χ2n) is 12.3. The van der Waals surface area contributed by atoms with Gasteiger partial charge in [0.2, 0.25) is 0 Å². The van der Waals surface area contributed by atoms with Gasteiger partial charge in [-0.15, -0.1) is 4.91 Å². The van der Waals surface area contributed by atoms with Gasteiger partial charge in [-0.2, -0.15) is 0 Å². The van der Waals surface area contributed by atoms with Crippen LogP contribution in [0.3, 0.4) is 0 Å². The SMILES string of the molecule is CC(C)(C)OC(=O)NC1(c2ccc(-c3c(-c4ccc(N=O)cc4)nc4n3-c3cccnc3Nc3ccccc3-4)cc2)CCC1. The summed E-state index contributed by atoms with van der Waals surface area (Å²) in [4.78, 5) is 33.9. The number of para-hydroxylation sites is 1. The summed E-state index contributed by atoms with van der Waals surface area (Å²) in [5.41, 5.74) is 6.51. The van der Waals surface area contributed by atoms with E-state index in [1.165, 1.54) is 0 Å². The molecule has 3 aromatic carbocycles. The topological polar surface area (TPSA) is 110 Å². The summed E-state index contributed by atoms with van der Waals surface area (Å²) in [6.07, 6.45) is 4.08. The molecule has 0 atom stereocenters. The Morgan fingerprint density at radius 3 is 2.36 bits per heavy atom. The average Bonchev–Trinajstić information content (AvgIpc) is 3.33. The average molecular weight is 585 g/mol. The Kier molecular flexibility index (Phi) is 6.53. The number of imidazole rings is 1. The fourth-order valence-corrected chi connectivity index (χ4v) is 6.03. The summed E-state index contributed by atoms with van der Waals surface area (Å²) < 4.78 is 7.74. The lowest BCUT2D eigenvalue weighted by Gasteiger charge is -2.43. The lowest BCUT2D eigenvalue weighted by Crippen LogP contribution is -2.52. The molecule has 0 bridgehead atoms. The van der Waals surface area contributed by atoms with E-state index in [1.807, 2.05) is 69.3 Å². The Morgan fingerprint density at radius 1 is 0.955 bits per heavy atom. The summed E-state index contributed by atoms with van der Waals surface area (Å²) in [6.45, 7) is 5.60. The molecule has 9 nitrogen and oxygen atoms in total. The highest BCUT2D eigenvalue weighted by Gasteiger charge is 2.41. The monoisotopic (exact) mass is 584 g/mol. The van der Waals surface area contributed by atoms with Crippen LogP contribution in [0.2, 0.25) is 0 Å². The first-order valence-corrected chi connectivity index (χ1v) is 14.8. The molecule has 1 aliphatic heterocycles. The van der Waals surface area contributed by atoms with Gasteiger partial charge in [0.25, 0.3) is 0 Å². The number of hydrogen-bond donors (Lipinski definition) is 2. The third-order valence-corrected chi connectivity index (χ3v) is 8.23. The minimum absolute atomic E-state index is 0.354. The van der Waals surface area contributed by atoms with Gasteiger partial charge in [-0.3, -0.25) is 4.57 Å². The Hall–Kier alpha value is -5.31. The number of nitroso groups, excluding NO2 is 1. The van der Waals surface area contributed by atoms with Crippen molar-refractivity contribution in [3.05, 3.63) is 102 Å². The first kappa shape index (κ1) is 27.5. The highest BCUT2D eigenvalue weighted by Crippen LogP contribution is 2.46. The molecular weight excluding hydrogens is 552 g/mol. The molecule has 44 heavy (non-hydrogen) atoms. The van der Waals surface area contributed by atoms with Crippen LogP contribution in [0.4, 0.5) is 22.0 Å². The van der Waals surface area contributed by atoms with Crippen molar-refractivity contribution in [2.45, 2.75) is 51.2 Å². The van der Waals surface area contributed by atoms with Gasteiger partial charge in [0, 0.05) is 22.9 Å². The van der Waals surface area contributed by atoms with E-state index in [1.54, 1.807) is 18.3 Å². The van der Waals surface area contributed by atoms with E-state index in [2.05, 4.69) is 49.6 Å². The second-order valence-corrected chi connectivity index (χ2v) is 12.3. The second kappa shape index (κ2) is 10.4. The third-order valence-electron chi connectivity index (χ3n) is 8.23. The van der Waals surface area contributed by atoms with Gasteiger partial charge in [0.1, 0.15) is 17.1 Å². The maximum Gasteiger partial charge on any atom is 0.408 e. The number of ether oxygens (including phenoxy) is 1. The lowest BCUT2D eigenvalue weighted by molar-refractivity contribution is 0.0377. The summed E-state index contributed by atoms with van der Waals surface area (Å²) in [6, 6.07) is 27.5. The number of benzene rings is 3. The molecule has 1 amide bonds. The van der Waals surface area contributed by atoms with Crippen LogP contribution in [0.1, 0.15) is 45.6 Å². The van der Waals surface area contributed by atoms with Crippen LogP contribution < -0.4 is 10.6 Å². The Balaban J connectivity index is 1.39. The maximum absolute atomic E-state index is 12.8. The number of carbonyl (C=O) groups excluding carboxylic acids is 1. The first-order valence-electron chi connectivity index (χ1n) is 14.8. The van der Waals surface area contributed by atoms with Crippen LogP contribution in [0.15, 0.2) is 96.3 Å². The van der Waals surface area contributed by atoms with Crippen molar-refractivity contribution in [2.75, 3.05) is 5.32 Å². The van der Waals surface area contributed by atoms with E-state index in [0.29, 0.717) is 5.69 Å². The summed E-state index contributed by atoms with van der Waals surface area (Å²) in [5.74, 6) is 1.49. The van der Waals surface area contributed by atoms with Crippen LogP contribution >= 0.6 is 0 Å². The van der Waals surface area contributed by atoms with Crippen LogP contribution in [-0.4, -0.2) is 26.2 Å². The molecule has 7 rings (SSSR count). The molecule has 2 N–H and O–H groups in total. The number of anilines is 2. The molecule has 5 aromatic rings. The lowest BCUT2D eigenvalue weighted by atomic mass is 9.71. The van der Waals surface area contributed by atoms with E-state index >= 15 is 0 Å². The van der Waals surface area contributed by atoms with E-state index in [0.717, 1.165) is 75.9 Å². The number of hydrogen-bond acceptors (Lipinski definition) is 7. The van der Waals surface area contributed by atoms with E-state index in [4.69, 9.17) is 9.72 Å². The molecule has 1 aliphatic carbocycles. The normalized spacial score (nSPS) is 14.5. The Morgan fingerprint density at radius 2 is 1.68 bits per heavy atom. The number of alkyl carbamates (subject to hydrolysis) is 1. The first-order chi connectivity index (χ1) is 21.2. The highest BCUT2D eigenvalue weighted by atomic mass is 16.6. The molecule has 0 unspecified atom stereocenters. The number of nitrogens with one attached hydrogen (secondary N) is 2. The molecule has 0 radical (unpaired) electrons. The van der Waals surface area contributed by atoms with Crippen molar-refractivity contribution in [3.63, 3.8) is 0 Å². The fraction of sp³-hybridized carbons (Fsp3) is 0.229. The number of pyridine rings is 1. The van der Waals surface area contributed by atoms with E-state index in [-0.39, 0.29) is 0 Å². The molecule has 9 heteroatoms. The molecule has 2 aliphatic rings. The number of amides is 1. The number of fused-ring (bicyclic) bond motifs is 5. The zero-order valence-corrected chi connectivity index (χ0v) is 24.8. The largest absolute Gasteiger partial charge is 0.444 e. The standard InChI is InChI=1S/C35H32N6O3/c1-34(2,3)44-33(42)39-35(19-7-20-35)24-15-11-23(12-16-24)30-29(22-13-17-25(40-43)18-14-22)38-32-26-8-4-5-9-27(26)37-31-28(41(30)32)10-6-21-36-31/h4-6,8-18,21H,7,19-20H2,1-3H3,(H,36,37)(H,39,42). The van der Waals surface area contributed by atoms with Crippen molar-refractivity contribution in [1.29, 1.82) is 0 Å². The van der Waals surface area contributed by atoms with Crippen molar-refractivity contribution in [1.82, 2.24) is 19.9 Å². The summed E-state index contributed by atoms with van der Waals surface area (Å²) in [7, 11) is 0. The zero-order valence-electron chi connectivity index (χ0n) is 24.8. The Bertz CT molecular complexity index is 1880. The van der Waals surface area contributed by atoms with Gasteiger partial charge in [-0.1, -0.05) is 48.5 Å². The molecule has 2 aromatic heterocycles. The van der Waals surface area contributed by atoms with Crippen LogP contribution in [0, 0.1) is 4.91 Å². The molecule has 0 spiro atoms. The fourth-order valence-electron chi connectivity index (χ4n) is 6.03. The van der Waals surface area contributed by atoms with Crippen molar-refractivity contribution in [3.8, 4) is 39.6 Å². The minimum atomic E-state index is -0.576. The zero-order chi connectivity index (χ0) is 30.5. The van der Waals surface area contributed by atoms with Gasteiger partial charge in [0.05, 0.1) is 28.3 Å². The minimum Gasteiger partial charge on any atom is -0.444 e. The van der Waals surface area contributed by atoms with Crippen LogP contribution in [0.25, 0.3) is 39.6 Å². The number of carbonyl (C=O) groups is 1. The van der Waals surface area contributed by atoms with Gasteiger partial charge in [0.15, 0.2) is 5.82 Å². The molecule has 3 heterocycles. The number of nitrogens with zero attached hydrogens (tertiary/aromatic N) is 4. The molecule has 1 saturated carbocycles. The maximum atomic E-state index is 12.8. The smallest absolute Gasteiger partial charge is 0.408 e. The van der Waals surface area contributed by atoms with E-state index in [9.17, 15) is 9.70 Å². The highest BCUT2D eigenvalue weighted by molar-refractivity contribution is 5.91. The molecule has 0 saturated heterocycles. The number of aromatic nitrogens is 3. The van der Waals surface area contributed by atoms with E-state index < -0.39 is 17.2 Å². The quantitative estimate of drug-likeness (QED) is 0.196. The van der Waals surface area contributed by atoms with Gasteiger partial charge < -0.3 is 15.4 Å². The van der Waals surface area contributed by atoms with Gasteiger partial charge in [-0.05, 0) is 87.2 Å². The third kappa shape index (κ3) is 4.80. The van der Waals surface area contributed by atoms with Crippen molar-refractivity contribution in [2.24, 2.45) is 5.18 Å². The van der Waals surface area contributed by atoms with Crippen LogP contribution in [-0.2, 0) is 10.3 Å². The molecule has 1 fully saturated rings. The van der Waals surface area contributed by atoms with Gasteiger partial charge >= 0.3 is 6.09 Å². The predicted octanol–water partition coefficient (Wildman–Crippen LogP) is 8.63. The van der Waals surface area contributed by atoms with Gasteiger partial charge in [-0.25, -0.2) is 14.8 Å². The molecule has 220 valence electrons. The number of rotatable bonds is 5.